The van der Waals surface area contributed by atoms with E-state index in [9.17, 15) is 19.8 Å². The number of Topliss-reactive ketones (excluding diaryl/α,β-unsaturated/α-hetero) is 2. The molecule has 204 valence electrons. The van der Waals surface area contributed by atoms with Gasteiger partial charge in [0.25, 0.3) is 0 Å². The summed E-state index contributed by atoms with van der Waals surface area (Å²) in [7, 11) is 0. The summed E-state index contributed by atoms with van der Waals surface area (Å²) in [5, 5.41) is 21.4. The lowest BCUT2D eigenvalue weighted by Crippen LogP contribution is -2.48. The molecule has 4 fully saturated rings. The Bertz CT molecular complexity index is 1370. The van der Waals surface area contributed by atoms with E-state index in [-0.39, 0.29) is 30.2 Å². The second-order valence-electron chi connectivity index (χ2n) is 12.5. The second-order valence-corrected chi connectivity index (χ2v) is 12.5. The van der Waals surface area contributed by atoms with E-state index >= 15 is 0 Å². The van der Waals surface area contributed by atoms with Crippen LogP contribution in [0.3, 0.4) is 0 Å². The van der Waals surface area contributed by atoms with Gasteiger partial charge in [0.1, 0.15) is 35.9 Å². The molecule has 39 heavy (non-hydrogen) atoms. The van der Waals surface area contributed by atoms with Gasteiger partial charge in [-0.2, -0.15) is 0 Å². The van der Waals surface area contributed by atoms with Crippen molar-refractivity contribution in [2.75, 3.05) is 13.2 Å². The minimum absolute atomic E-state index is 0.0784. The topological polar surface area (TPSA) is 83.8 Å². The van der Waals surface area contributed by atoms with E-state index in [4.69, 9.17) is 4.74 Å². The summed E-state index contributed by atoms with van der Waals surface area (Å²) in [6.45, 7) is 2.70. The van der Waals surface area contributed by atoms with Crippen molar-refractivity contribution < 1.29 is 24.5 Å². The molecule has 0 aromatic heterocycles. The van der Waals surface area contributed by atoms with Crippen molar-refractivity contribution in [3.63, 3.8) is 0 Å². The fraction of sp³-hybridized carbons (Fsp3) is 0.471. The largest absolute Gasteiger partial charge is 0.490 e. The van der Waals surface area contributed by atoms with Gasteiger partial charge in [0.05, 0.1) is 6.61 Å². The third kappa shape index (κ3) is 4.92. The number of fused-ring (bicyclic) bond motifs is 1. The Labute approximate surface area is 230 Å². The number of hydrogen-bond acceptors (Lipinski definition) is 5. The molecule has 0 radical (unpaired) electrons. The van der Waals surface area contributed by atoms with Gasteiger partial charge >= 0.3 is 0 Å². The van der Waals surface area contributed by atoms with Crippen molar-refractivity contribution in [1.29, 1.82) is 0 Å². The summed E-state index contributed by atoms with van der Waals surface area (Å²) >= 11 is 0. The molecule has 5 nitrogen and oxygen atoms in total. The number of carbonyl (C=O) groups is 2. The maximum Gasteiger partial charge on any atom is 0.144 e. The Morgan fingerprint density at radius 1 is 0.846 bits per heavy atom. The lowest BCUT2D eigenvalue weighted by molar-refractivity contribution is -0.126. The molecule has 0 saturated heterocycles. The molecule has 5 heteroatoms. The van der Waals surface area contributed by atoms with Crippen LogP contribution in [0.5, 0.6) is 5.75 Å². The number of aliphatic hydroxyl groups excluding tert-OH is 2. The zero-order valence-corrected chi connectivity index (χ0v) is 22.9. The predicted molar refractivity (Wildman–Crippen MR) is 152 cm³/mol. The van der Waals surface area contributed by atoms with Crippen LogP contribution in [-0.4, -0.2) is 41.1 Å². The summed E-state index contributed by atoms with van der Waals surface area (Å²) in [5.41, 5.74) is 4.35. The van der Waals surface area contributed by atoms with Crippen LogP contribution >= 0.6 is 0 Å². The molecule has 7 rings (SSSR count). The van der Waals surface area contributed by atoms with E-state index < -0.39 is 12.0 Å². The quantitative estimate of drug-likeness (QED) is 0.336. The van der Waals surface area contributed by atoms with Gasteiger partial charge in [0.2, 0.25) is 0 Å². The highest BCUT2D eigenvalue weighted by molar-refractivity contribution is 6.06. The average molecular weight is 527 g/mol. The molecular formula is C34H38O5. The number of hydrogen-bond donors (Lipinski definition) is 2. The smallest absolute Gasteiger partial charge is 0.144 e. The van der Waals surface area contributed by atoms with Crippen molar-refractivity contribution in [3.8, 4) is 16.9 Å². The summed E-state index contributed by atoms with van der Waals surface area (Å²) in [6, 6.07) is 18.6. The molecule has 0 aliphatic heterocycles. The monoisotopic (exact) mass is 526 g/mol. The van der Waals surface area contributed by atoms with Gasteiger partial charge < -0.3 is 14.9 Å². The number of carbonyl (C=O) groups excluding carboxylic acids is 2. The van der Waals surface area contributed by atoms with Gasteiger partial charge in [-0.05, 0) is 127 Å². The van der Waals surface area contributed by atoms with Crippen molar-refractivity contribution in [2.45, 2.75) is 69.8 Å². The van der Waals surface area contributed by atoms with E-state index in [2.05, 4.69) is 30.3 Å². The third-order valence-corrected chi connectivity index (χ3v) is 9.58. The minimum Gasteiger partial charge on any atom is -0.490 e. The maximum atomic E-state index is 12.1. The van der Waals surface area contributed by atoms with E-state index in [1.54, 1.807) is 0 Å². The van der Waals surface area contributed by atoms with Gasteiger partial charge in [-0.25, -0.2) is 0 Å². The highest BCUT2D eigenvalue weighted by Gasteiger charge is 2.52. The lowest BCUT2D eigenvalue weighted by Gasteiger charge is -2.57. The standard InChI is InChI=1S/C34H38O5/c1-20(36)33(21(2)37)29-6-5-25-12-26(3-4-27(25)13-29)28-7-8-32(39-19-30(38)18-35)31(14-28)34-15-22-9-23(16-34)11-24(10-22)17-34/h3-8,12-14,22-24,30,33,35,38H,9-11,15-19H2,1-2H3. The average Bonchev–Trinajstić information content (AvgIpc) is 2.90. The van der Waals surface area contributed by atoms with Crippen LogP contribution in [0, 0.1) is 17.8 Å². The van der Waals surface area contributed by atoms with Crippen molar-refractivity contribution in [1.82, 2.24) is 0 Å². The van der Waals surface area contributed by atoms with Crippen LogP contribution in [0.25, 0.3) is 21.9 Å². The van der Waals surface area contributed by atoms with E-state index in [1.807, 2.05) is 24.3 Å². The predicted octanol–water partition coefficient (Wildman–Crippen LogP) is 5.97. The molecule has 2 N–H and O–H groups in total. The highest BCUT2D eigenvalue weighted by atomic mass is 16.5. The SMILES string of the molecule is CC(=O)C(C(C)=O)c1ccc2cc(-c3ccc(OCC(O)CO)c(C45CC6CC(CC(C6)C4)C5)c3)ccc2c1. The molecule has 0 spiro atoms. The second kappa shape index (κ2) is 10.2. The van der Waals surface area contributed by atoms with E-state index in [0.29, 0.717) is 0 Å². The van der Waals surface area contributed by atoms with Crippen LogP contribution in [0.4, 0.5) is 0 Å². The molecule has 3 aromatic rings. The molecule has 0 heterocycles. The molecule has 4 saturated carbocycles. The summed E-state index contributed by atoms with van der Waals surface area (Å²) in [4.78, 5) is 24.2. The fourth-order valence-electron chi connectivity index (χ4n) is 8.31. The molecule has 4 aliphatic carbocycles. The first-order valence-corrected chi connectivity index (χ1v) is 14.4. The van der Waals surface area contributed by atoms with Gasteiger partial charge in [-0.3, -0.25) is 9.59 Å². The first-order chi connectivity index (χ1) is 18.7. The van der Waals surface area contributed by atoms with Crippen molar-refractivity contribution in [2.24, 2.45) is 17.8 Å². The van der Waals surface area contributed by atoms with E-state index in [0.717, 1.165) is 51.0 Å². The lowest BCUT2D eigenvalue weighted by atomic mass is 9.48. The van der Waals surface area contributed by atoms with Gasteiger partial charge in [-0.15, -0.1) is 0 Å². The highest BCUT2D eigenvalue weighted by Crippen LogP contribution is 2.62. The Balaban J connectivity index is 1.38. The van der Waals surface area contributed by atoms with Crippen LogP contribution in [0.15, 0.2) is 54.6 Å². The third-order valence-electron chi connectivity index (χ3n) is 9.58. The number of ketones is 2. The Kier molecular flexibility index (Phi) is 6.84. The molecule has 4 bridgehead atoms. The van der Waals surface area contributed by atoms with Crippen LogP contribution in [0.1, 0.15) is 69.4 Å². The number of aliphatic hydroxyl groups is 2. The maximum absolute atomic E-state index is 12.1. The Morgan fingerprint density at radius 2 is 1.41 bits per heavy atom. The molecule has 1 atom stereocenters. The van der Waals surface area contributed by atoms with Gasteiger partial charge in [0.15, 0.2) is 0 Å². The summed E-state index contributed by atoms with van der Waals surface area (Å²) < 4.78 is 6.15. The van der Waals surface area contributed by atoms with Gasteiger partial charge in [0, 0.05) is 5.56 Å². The van der Waals surface area contributed by atoms with Crippen LogP contribution < -0.4 is 4.74 Å². The molecule has 1 unspecified atom stereocenters. The minimum atomic E-state index is -0.898. The fourth-order valence-corrected chi connectivity index (χ4v) is 8.31. The molecule has 4 aliphatic rings. The zero-order chi connectivity index (χ0) is 27.3. The molecule has 0 amide bonds. The molecular weight excluding hydrogens is 488 g/mol. The first kappa shape index (κ1) is 26.2. The number of benzene rings is 3. The first-order valence-electron chi connectivity index (χ1n) is 14.4. The number of rotatable bonds is 9. The van der Waals surface area contributed by atoms with Crippen LogP contribution in [0.2, 0.25) is 0 Å². The Morgan fingerprint density at radius 3 is 2.03 bits per heavy atom. The van der Waals surface area contributed by atoms with Crippen molar-refractivity contribution >= 4 is 22.3 Å². The Hall–Kier alpha value is -3.02. The van der Waals surface area contributed by atoms with E-state index in [1.165, 1.54) is 57.9 Å². The van der Waals surface area contributed by atoms with Crippen LogP contribution in [-0.2, 0) is 15.0 Å². The van der Waals surface area contributed by atoms with Crippen molar-refractivity contribution in [3.05, 3.63) is 65.7 Å². The zero-order valence-electron chi connectivity index (χ0n) is 22.9. The normalized spacial score (nSPS) is 26.2. The number of ether oxygens (including phenoxy) is 1. The summed E-state index contributed by atoms with van der Waals surface area (Å²) in [5.74, 6) is 2.22. The van der Waals surface area contributed by atoms with Gasteiger partial charge in [-0.1, -0.05) is 30.3 Å². The molecule has 3 aromatic carbocycles. The summed E-state index contributed by atoms with van der Waals surface area (Å²) in [6.07, 6.45) is 6.79.